The van der Waals surface area contributed by atoms with Crippen LogP contribution in [0.3, 0.4) is 0 Å². The Morgan fingerprint density at radius 1 is 0.500 bits per heavy atom. The highest BCUT2D eigenvalue weighted by Gasteiger charge is 2.34. The fourth-order valence-electron chi connectivity index (χ4n) is 3.16. The van der Waals surface area contributed by atoms with Gasteiger partial charge in [0.15, 0.2) is 0 Å². The van der Waals surface area contributed by atoms with Crippen LogP contribution in [0, 0.1) is 0 Å². The van der Waals surface area contributed by atoms with Crippen molar-refractivity contribution in [3.8, 4) is 0 Å². The summed E-state index contributed by atoms with van der Waals surface area (Å²) in [4.78, 5) is 0. The molecule has 82 valence electrons. The fourth-order valence-corrected chi connectivity index (χ4v) is 3.16. The molecule has 0 spiro atoms. The van der Waals surface area contributed by atoms with Gasteiger partial charge in [0.25, 0.3) is 0 Å². The summed E-state index contributed by atoms with van der Waals surface area (Å²) in [5.74, 6) is 0. The monoisotopic (exact) mass is 196 g/mol. The third-order valence-corrected chi connectivity index (χ3v) is 4.15. The smallest absolute Gasteiger partial charge is 0.0534 e. The molecular formula is C12H20O2-2. The van der Waals surface area contributed by atoms with E-state index in [1.807, 2.05) is 0 Å². The maximum absolute atomic E-state index is 12.5. The van der Waals surface area contributed by atoms with Gasteiger partial charge in [-0.1, -0.05) is 64.2 Å². The Kier molecular flexibility index (Phi) is 2.85. The summed E-state index contributed by atoms with van der Waals surface area (Å²) < 4.78 is 0. The summed E-state index contributed by atoms with van der Waals surface area (Å²) in [6.07, 6.45) is 8.77. The van der Waals surface area contributed by atoms with E-state index in [1.54, 1.807) is 0 Å². The van der Waals surface area contributed by atoms with Crippen LogP contribution < -0.4 is 10.2 Å². The molecule has 0 saturated heterocycles. The van der Waals surface area contributed by atoms with Gasteiger partial charge >= 0.3 is 0 Å². The zero-order chi connectivity index (χ0) is 10.1. The SMILES string of the molecule is [O-]C1(C2([O-])CCCCC2)CCCCC1. The lowest BCUT2D eigenvalue weighted by Crippen LogP contribution is -2.70. The minimum Gasteiger partial charge on any atom is -0.850 e. The Hall–Kier alpha value is -0.0800. The predicted molar refractivity (Wildman–Crippen MR) is 51.6 cm³/mol. The van der Waals surface area contributed by atoms with Gasteiger partial charge in [-0.3, -0.25) is 0 Å². The van der Waals surface area contributed by atoms with Crippen LogP contribution in [0.15, 0.2) is 0 Å². The molecule has 0 unspecified atom stereocenters. The third-order valence-electron chi connectivity index (χ3n) is 4.15. The van der Waals surface area contributed by atoms with Gasteiger partial charge in [-0.2, -0.15) is 0 Å². The minimum absolute atomic E-state index is 0.635. The first-order chi connectivity index (χ1) is 6.66. The van der Waals surface area contributed by atoms with Crippen LogP contribution in [-0.4, -0.2) is 11.2 Å². The quantitative estimate of drug-likeness (QED) is 0.630. The lowest BCUT2D eigenvalue weighted by Gasteiger charge is -2.65. The molecule has 2 fully saturated rings. The van der Waals surface area contributed by atoms with Crippen molar-refractivity contribution in [1.82, 2.24) is 0 Å². The molecule has 0 atom stereocenters. The average Bonchev–Trinajstić information content (AvgIpc) is 2.20. The average molecular weight is 196 g/mol. The maximum Gasteiger partial charge on any atom is -0.0534 e. The zero-order valence-electron chi connectivity index (χ0n) is 8.89. The van der Waals surface area contributed by atoms with E-state index in [4.69, 9.17) is 0 Å². The highest BCUT2D eigenvalue weighted by atomic mass is 16.4. The molecule has 0 N–H and O–H groups in total. The molecule has 14 heavy (non-hydrogen) atoms. The van der Waals surface area contributed by atoms with Gasteiger partial charge in [0, 0.05) is 0 Å². The Morgan fingerprint density at radius 2 is 0.786 bits per heavy atom. The van der Waals surface area contributed by atoms with Crippen LogP contribution in [0.5, 0.6) is 0 Å². The van der Waals surface area contributed by atoms with Crippen LogP contribution in [-0.2, 0) is 0 Å². The summed E-state index contributed by atoms with van der Waals surface area (Å²) in [7, 11) is 0. The molecule has 2 heteroatoms. The van der Waals surface area contributed by atoms with Gasteiger partial charge in [0.05, 0.1) is 0 Å². The lowest BCUT2D eigenvalue weighted by molar-refractivity contribution is -0.619. The molecule has 2 saturated carbocycles. The topological polar surface area (TPSA) is 46.1 Å². The Balaban J connectivity index is 2.09. The van der Waals surface area contributed by atoms with Gasteiger partial charge in [0.2, 0.25) is 0 Å². The second-order valence-corrected chi connectivity index (χ2v) is 5.11. The molecule has 2 nitrogen and oxygen atoms in total. The minimum atomic E-state index is -1.12. The molecular weight excluding hydrogens is 176 g/mol. The highest BCUT2D eigenvalue weighted by molar-refractivity contribution is 5.00. The molecule has 2 rings (SSSR count). The Bertz CT molecular complexity index is 166. The van der Waals surface area contributed by atoms with Gasteiger partial charge in [-0.25, -0.2) is 0 Å². The molecule has 0 radical (unpaired) electrons. The highest BCUT2D eigenvalue weighted by Crippen LogP contribution is 2.40. The predicted octanol–water partition coefficient (Wildman–Crippen LogP) is 1.11. The van der Waals surface area contributed by atoms with Gasteiger partial charge < -0.3 is 10.2 Å². The number of hydrogen-bond acceptors (Lipinski definition) is 2. The summed E-state index contributed by atoms with van der Waals surface area (Å²) in [5.41, 5.74) is -2.24. The Labute approximate surface area is 86.3 Å². The van der Waals surface area contributed by atoms with E-state index < -0.39 is 11.2 Å². The van der Waals surface area contributed by atoms with Gasteiger partial charge in [-0.05, 0) is 0 Å². The first kappa shape index (κ1) is 10.4. The fraction of sp³-hybridized carbons (Fsp3) is 1.00. The lowest BCUT2D eigenvalue weighted by atomic mass is 9.66. The molecule has 0 aromatic carbocycles. The first-order valence-corrected chi connectivity index (χ1v) is 6.07. The largest absolute Gasteiger partial charge is 0.850 e. The second kappa shape index (κ2) is 3.82. The van der Waals surface area contributed by atoms with Crippen molar-refractivity contribution in [2.75, 3.05) is 0 Å². The maximum atomic E-state index is 12.5. The van der Waals surface area contributed by atoms with Gasteiger partial charge in [-0.15, -0.1) is 11.2 Å². The van der Waals surface area contributed by atoms with E-state index in [0.29, 0.717) is 25.7 Å². The van der Waals surface area contributed by atoms with Crippen molar-refractivity contribution in [3.05, 3.63) is 0 Å². The normalized spacial score (nSPS) is 31.3. The van der Waals surface area contributed by atoms with E-state index in [1.165, 1.54) is 0 Å². The van der Waals surface area contributed by atoms with Gasteiger partial charge in [0.1, 0.15) is 0 Å². The van der Waals surface area contributed by atoms with Crippen molar-refractivity contribution in [2.24, 2.45) is 0 Å². The molecule has 0 aliphatic heterocycles. The Morgan fingerprint density at radius 3 is 1.07 bits per heavy atom. The summed E-state index contributed by atoms with van der Waals surface area (Å²) in [6.45, 7) is 0. The summed E-state index contributed by atoms with van der Waals surface area (Å²) >= 11 is 0. The molecule has 2 aliphatic rings. The van der Waals surface area contributed by atoms with Crippen LogP contribution in [0.4, 0.5) is 0 Å². The van der Waals surface area contributed by atoms with E-state index in [0.717, 1.165) is 38.5 Å². The van der Waals surface area contributed by atoms with Crippen molar-refractivity contribution < 1.29 is 10.2 Å². The molecule has 2 aliphatic carbocycles. The molecule has 0 amide bonds. The first-order valence-electron chi connectivity index (χ1n) is 6.07. The van der Waals surface area contributed by atoms with Crippen molar-refractivity contribution in [1.29, 1.82) is 0 Å². The van der Waals surface area contributed by atoms with Crippen LogP contribution in [0.1, 0.15) is 64.2 Å². The molecule has 0 heterocycles. The third kappa shape index (κ3) is 1.70. The van der Waals surface area contributed by atoms with E-state index >= 15 is 0 Å². The van der Waals surface area contributed by atoms with E-state index in [9.17, 15) is 10.2 Å². The molecule has 0 aromatic heterocycles. The zero-order valence-corrected chi connectivity index (χ0v) is 8.89. The number of rotatable bonds is 1. The van der Waals surface area contributed by atoms with Crippen molar-refractivity contribution in [2.45, 2.75) is 75.4 Å². The van der Waals surface area contributed by atoms with Crippen molar-refractivity contribution >= 4 is 0 Å². The van der Waals surface area contributed by atoms with E-state index in [-0.39, 0.29) is 0 Å². The van der Waals surface area contributed by atoms with Crippen molar-refractivity contribution in [3.63, 3.8) is 0 Å². The standard InChI is InChI=1S/C12H20O2/c13-11(7-3-1-4-8-11)12(14)9-5-2-6-10-12/h1-10H2/q-2. The summed E-state index contributed by atoms with van der Waals surface area (Å²) in [5, 5.41) is 25.0. The second-order valence-electron chi connectivity index (χ2n) is 5.11. The molecule has 0 bridgehead atoms. The van der Waals surface area contributed by atoms with Crippen LogP contribution >= 0.6 is 0 Å². The molecule has 0 aromatic rings. The van der Waals surface area contributed by atoms with E-state index in [2.05, 4.69) is 0 Å². The number of hydrogen-bond donors (Lipinski definition) is 0. The van der Waals surface area contributed by atoms with Crippen LogP contribution in [0.2, 0.25) is 0 Å². The van der Waals surface area contributed by atoms with Crippen LogP contribution in [0.25, 0.3) is 0 Å². The summed E-state index contributed by atoms with van der Waals surface area (Å²) in [6, 6.07) is 0.